The number of urea groups is 1. The van der Waals surface area contributed by atoms with Gasteiger partial charge in [0, 0.05) is 6.04 Å². The average molecular weight is 359 g/mol. The van der Waals surface area contributed by atoms with Crippen LogP contribution in [0.4, 0.5) is 4.79 Å². The van der Waals surface area contributed by atoms with Crippen LogP contribution in [0.1, 0.15) is 51.7 Å². The molecule has 6 heteroatoms. The first-order chi connectivity index (χ1) is 12.1. The fourth-order valence-corrected chi connectivity index (χ4v) is 3.04. The molecule has 1 saturated heterocycles. The first kappa shape index (κ1) is 19.9. The van der Waals surface area contributed by atoms with Crippen molar-refractivity contribution in [1.82, 2.24) is 15.5 Å². The molecule has 0 aliphatic carbocycles. The van der Waals surface area contributed by atoms with E-state index in [1.807, 2.05) is 38.1 Å². The average Bonchev–Trinajstić information content (AvgIpc) is 2.77. The van der Waals surface area contributed by atoms with E-state index in [1.54, 1.807) is 6.92 Å². The number of rotatable bonds is 7. The van der Waals surface area contributed by atoms with Crippen LogP contribution in [0, 0.1) is 12.8 Å². The van der Waals surface area contributed by atoms with E-state index >= 15 is 0 Å². The van der Waals surface area contributed by atoms with Gasteiger partial charge in [0.2, 0.25) is 5.91 Å². The summed E-state index contributed by atoms with van der Waals surface area (Å²) in [6.07, 6.45) is 1.88. The first-order valence-corrected chi connectivity index (χ1v) is 9.14. The molecule has 1 fully saturated rings. The van der Waals surface area contributed by atoms with Gasteiger partial charge in [-0.2, -0.15) is 0 Å². The number of hydrogen-bond donors (Lipinski definition) is 2. The van der Waals surface area contributed by atoms with Crippen LogP contribution in [0.5, 0.6) is 0 Å². The first-order valence-electron chi connectivity index (χ1n) is 9.14. The van der Waals surface area contributed by atoms with Gasteiger partial charge in [-0.3, -0.25) is 14.5 Å². The summed E-state index contributed by atoms with van der Waals surface area (Å²) in [7, 11) is 0. The Morgan fingerprint density at radius 1 is 1.15 bits per heavy atom. The van der Waals surface area contributed by atoms with Crippen LogP contribution >= 0.6 is 0 Å². The Morgan fingerprint density at radius 3 is 2.35 bits per heavy atom. The molecular formula is C20H29N3O3. The SMILES string of the molecule is Cc1ccc([C@@]2(C)NC(=O)N(CC(=O)N[C@H](C)CCC(C)C)C2=O)cc1. The zero-order valence-electron chi connectivity index (χ0n) is 16.3. The molecule has 0 radical (unpaired) electrons. The van der Waals surface area contributed by atoms with Crippen LogP contribution in [0.2, 0.25) is 0 Å². The van der Waals surface area contributed by atoms with Gasteiger partial charge in [0.25, 0.3) is 5.91 Å². The minimum atomic E-state index is -1.14. The fourth-order valence-electron chi connectivity index (χ4n) is 3.04. The summed E-state index contributed by atoms with van der Waals surface area (Å²) in [5.41, 5.74) is 0.629. The van der Waals surface area contributed by atoms with Crippen molar-refractivity contribution < 1.29 is 14.4 Å². The second-order valence-electron chi connectivity index (χ2n) is 7.75. The number of nitrogens with one attached hydrogen (secondary N) is 2. The number of benzene rings is 1. The number of imide groups is 1. The topological polar surface area (TPSA) is 78.5 Å². The Kier molecular flexibility index (Phi) is 6.05. The van der Waals surface area contributed by atoms with Crippen molar-refractivity contribution in [3.05, 3.63) is 35.4 Å². The number of nitrogens with zero attached hydrogens (tertiary/aromatic N) is 1. The highest BCUT2D eigenvalue weighted by Gasteiger charge is 2.49. The summed E-state index contributed by atoms with van der Waals surface area (Å²) in [5.74, 6) is -0.162. The quantitative estimate of drug-likeness (QED) is 0.735. The maximum absolute atomic E-state index is 12.8. The molecule has 2 N–H and O–H groups in total. The van der Waals surface area contributed by atoms with Crippen molar-refractivity contribution in [2.75, 3.05) is 6.54 Å². The number of aryl methyl sites for hydroxylation is 1. The summed E-state index contributed by atoms with van der Waals surface area (Å²) in [5, 5.41) is 5.59. The number of carbonyl (C=O) groups is 3. The summed E-state index contributed by atoms with van der Waals surface area (Å²) in [6, 6.07) is 6.91. The van der Waals surface area contributed by atoms with Gasteiger partial charge in [0.05, 0.1) is 0 Å². The zero-order chi connectivity index (χ0) is 19.5. The van der Waals surface area contributed by atoms with E-state index in [2.05, 4.69) is 24.5 Å². The van der Waals surface area contributed by atoms with Crippen LogP contribution in [0.25, 0.3) is 0 Å². The van der Waals surface area contributed by atoms with Gasteiger partial charge in [0.15, 0.2) is 0 Å². The smallest absolute Gasteiger partial charge is 0.325 e. The fraction of sp³-hybridized carbons (Fsp3) is 0.550. The van der Waals surface area contributed by atoms with Crippen molar-refractivity contribution >= 4 is 17.8 Å². The van der Waals surface area contributed by atoms with E-state index < -0.39 is 17.5 Å². The molecule has 0 aromatic heterocycles. The maximum atomic E-state index is 12.8. The van der Waals surface area contributed by atoms with Gasteiger partial charge in [-0.1, -0.05) is 43.7 Å². The third-order valence-corrected chi connectivity index (χ3v) is 4.79. The van der Waals surface area contributed by atoms with E-state index in [4.69, 9.17) is 0 Å². The van der Waals surface area contributed by atoms with E-state index in [-0.39, 0.29) is 18.5 Å². The third-order valence-electron chi connectivity index (χ3n) is 4.79. The predicted octanol–water partition coefficient (Wildman–Crippen LogP) is 2.70. The zero-order valence-corrected chi connectivity index (χ0v) is 16.3. The van der Waals surface area contributed by atoms with E-state index in [0.717, 1.165) is 23.3 Å². The van der Waals surface area contributed by atoms with E-state index in [9.17, 15) is 14.4 Å². The van der Waals surface area contributed by atoms with Gasteiger partial charge in [-0.05, 0) is 45.1 Å². The van der Waals surface area contributed by atoms with Crippen molar-refractivity contribution in [2.24, 2.45) is 5.92 Å². The van der Waals surface area contributed by atoms with Crippen molar-refractivity contribution in [2.45, 2.75) is 59.0 Å². The van der Waals surface area contributed by atoms with Crippen molar-refractivity contribution in [3.8, 4) is 0 Å². The molecule has 1 aliphatic rings. The third kappa shape index (κ3) is 4.42. The highest BCUT2D eigenvalue weighted by Crippen LogP contribution is 2.28. The molecule has 0 saturated carbocycles. The normalized spacial score (nSPS) is 21.1. The number of hydrogen-bond acceptors (Lipinski definition) is 3. The van der Waals surface area contributed by atoms with Gasteiger partial charge in [0.1, 0.15) is 12.1 Å². The van der Waals surface area contributed by atoms with Gasteiger partial charge in [-0.15, -0.1) is 0 Å². The molecule has 1 heterocycles. The second kappa shape index (κ2) is 7.89. The van der Waals surface area contributed by atoms with Crippen molar-refractivity contribution in [3.63, 3.8) is 0 Å². The van der Waals surface area contributed by atoms with E-state index in [1.165, 1.54) is 0 Å². The molecule has 1 aromatic carbocycles. The van der Waals surface area contributed by atoms with Crippen LogP contribution < -0.4 is 10.6 Å². The minimum absolute atomic E-state index is 0.00847. The standard InChI is InChI=1S/C20H29N3O3/c1-13(2)6-9-15(4)21-17(24)12-23-18(25)20(5,22-19(23)26)16-10-7-14(3)8-11-16/h7-8,10-11,13,15H,6,9,12H2,1-5H3,(H,21,24)(H,22,26)/t15-,20-/m1/s1. The lowest BCUT2D eigenvalue weighted by molar-refractivity contribution is -0.135. The lowest BCUT2D eigenvalue weighted by Gasteiger charge is -2.22. The summed E-state index contributed by atoms with van der Waals surface area (Å²) >= 11 is 0. The number of carbonyl (C=O) groups excluding carboxylic acids is 3. The van der Waals surface area contributed by atoms with Crippen LogP contribution in [-0.2, 0) is 15.1 Å². The molecular weight excluding hydrogens is 330 g/mol. The molecule has 142 valence electrons. The number of amides is 4. The van der Waals surface area contributed by atoms with Crippen LogP contribution in [-0.4, -0.2) is 35.3 Å². The molecule has 6 nitrogen and oxygen atoms in total. The highest BCUT2D eigenvalue weighted by atomic mass is 16.2. The lowest BCUT2D eigenvalue weighted by Crippen LogP contribution is -2.45. The minimum Gasteiger partial charge on any atom is -0.352 e. The van der Waals surface area contributed by atoms with Gasteiger partial charge in [-0.25, -0.2) is 4.79 Å². The van der Waals surface area contributed by atoms with Gasteiger partial charge < -0.3 is 10.6 Å². The monoisotopic (exact) mass is 359 g/mol. The molecule has 1 aromatic rings. The Morgan fingerprint density at radius 2 is 1.77 bits per heavy atom. The molecule has 1 aliphatic heterocycles. The van der Waals surface area contributed by atoms with Gasteiger partial charge >= 0.3 is 6.03 Å². The lowest BCUT2D eigenvalue weighted by atomic mass is 9.91. The molecule has 2 rings (SSSR count). The summed E-state index contributed by atoms with van der Waals surface area (Å²) in [4.78, 5) is 38.4. The predicted molar refractivity (Wildman–Crippen MR) is 100 cm³/mol. The Labute approximate surface area is 155 Å². The maximum Gasteiger partial charge on any atom is 0.325 e. The Bertz CT molecular complexity index is 684. The van der Waals surface area contributed by atoms with Crippen LogP contribution in [0.3, 0.4) is 0 Å². The summed E-state index contributed by atoms with van der Waals surface area (Å²) in [6.45, 7) is 9.56. The second-order valence-corrected chi connectivity index (χ2v) is 7.75. The molecule has 0 bridgehead atoms. The highest BCUT2D eigenvalue weighted by molar-refractivity contribution is 6.09. The molecule has 4 amide bonds. The Hall–Kier alpha value is -2.37. The summed E-state index contributed by atoms with van der Waals surface area (Å²) < 4.78 is 0. The molecule has 26 heavy (non-hydrogen) atoms. The molecule has 0 spiro atoms. The van der Waals surface area contributed by atoms with E-state index in [0.29, 0.717) is 11.5 Å². The largest absolute Gasteiger partial charge is 0.352 e. The van der Waals surface area contributed by atoms with Crippen LogP contribution in [0.15, 0.2) is 24.3 Å². The van der Waals surface area contributed by atoms with Crippen molar-refractivity contribution in [1.29, 1.82) is 0 Å². The Balaban J connectivity index is 2.02. The molecule has 0 unspecified atom stereocenters. The molecule has 2 atom stereocenters.